The Morgan fingerprint density at radius 2 is 2.24 bits per heavy atom. The molecule has 3 heteroatoms. The largest absolute Gasteiger partial charge is 0.392 e. The van der Waals surface area contributed by atoms with E-state index >= 15 is 0 Å². The molecule has 0 spiro atoms. The van der Waals surface area contributed by atoms with Crippen LogP contribution in [0.5, 0.6) is 0 Å². The molecular formula is C14H11N2O. The van der Waals surface area contributed by atoms with Crippen molar-refractivity contribution >= 4 is 11.0 Å². The first-order valence-electron chi connectivity index (χ1n) is 5.42. The van der Waals surface area contributed by atoms with Gasteiger partial charge in [-0.25, -0.2) is 4.98 Å². The average molecular weight is 223 g/mol. The fourth-order valence-corrected chi connectivity index (χ4v) is 2.04. The molecule has 0 atom stereocenters. The predicted octanol–water partition coefficient (Wildman–Crippen LogP) is 2.52. The number of H-pyrrole nitrogens is 1. The van der Waals surface area contributed by atoms with Crippen molar-refractivity contribution in [2.24, 2.45) is 0 Å². The fraction of sp³-hybridized carbons (Fsp3) is 0.0714. The number of fused-ring (bicyclic) bond motifs is 1. The average Bonchev–Trinajstić information content (AvgIpc) is 2.82. The number of nitrogens with one attached hydrogen (secondary N) is 1. The van der Waals surface area contributed by atoms with E-state index in [1.807, 2.05) is 36.5 Å². The number of benzene rings is 1. The number of pyridine rings is 1. The van der Waals surface area contributed by atoms with E-state index < -0.39 is 0 Å². The van der Waals surface area contributed by atoms with Gasteiger partial charge in [0.25, 0.3) is 0 Å². The molecule has 0 amide bonds. The molecule has 3 aromatic rings. The van der Waals surface area contributed by atoms with Gasteiger partial charge in [0.1, 0.15) is 5.65 Å². The minimum absolute atomic E-state index is 0.0135. The molecule has 17 heavy (non-hydrogen) atoms. The molecule has 2 aromatic heterocycles. The first-order valence-corrected chi connectivity index (χ1v) is 5.42. The summed E-state index contributed by atoms with van der Waals surface area (Å²) in [7, 11) is 0. The molecule has 0 bridgehead atoms. The van der Waals surface area contributed by atoms with Gasteiger partial charge in [0.2, 0.25) is 0 Å². The van der Waals surface area contributed by atoms with Crippen LogP contribution in [-0.2, 0) is 6.61 Å². The van der Waals surface area contributed by atoms with Crippen molar-refractivity contribution in [2.75, 3.05) is 0 Å². The van der Waals surface area contributed by atoms with Gasteiger partial charge in [0.15, 0.2) is 0 Å². The number of aliphatic hydroxyl groups excluding tert-OH is 1. The highest BCUT2D eigenvalue weighted by atomic mass is 16.3. The standard InChI is InChI=1S/C14H11N2O/c17-9-10-4-1-2-5-11(10)13-8-16-14-12(13)6-3-7-15-14/h2-8,17H,9H2,(H,15,16). The van der Waals surface area contributed by atoms with Gasteiger partial charge in [0.05, 0.1) is 6.61 Å². The van der Waals surface area contributed by atoms with Gasteiger partial charge >= 0.3 is 0 Å². The van der Waals surface area contributed by atoms with E-state index in [1.165, 1.54) is 0 Å². The lowest BCUT2D eigenvalue weighted by molar-refractivity contribution is 0.282. The molecule has 1 radical (unpaired) electrons. The van der Waals surface area contributed by atoms with E-state index in [4.69, 9.17) is 0 Å². The van der Waals surface area contributed by atoms with Gasteiger partial charge < -0.3 is 10.1 Å². The maximum Gasteiger partial charge on any atom is 0.137 e. The van der Waals surface area contributed by atoms with Crippen LogP contribution < -0.4 is 0 Å². The zero-order valence-corrected chi connectivity index (χ0v) is 9.14. The number of rotatable bonds is 2. The van der Waals surface area contributed by atoms with Crippen molar-refractivity contribution in [3.05, 3.63) is 54.4 Å². The Labute approximate surface area is 98.8 Å². The molecule has 2 N–H and O–H groups in total. The second-order valence-electron chi connectivity index (χ2n) is 3.84. The summed E-state index contributed by atoms with van der Waals surface area (Å²) in [5, 5.41) is 10.4. The minimum Gasteiger partial charge on any atom is -0.392 e. The fourth-order valence-electron chi connectivity index (χ4n) is 2.04. The minimum atomic E-state index is 0.0135. The van der Waals surface area contributed by atoms with Crippen LogP contribution in [0.3, 0.4) is 0 Å². The van der Waals surface area contributed by atoms with Crippen LogP contribution in [0.25, 0.3) is 22.2 Å². The van der Waals surface area contributed by atoms with E-state index in [0.717, 1.165) is 27.7 Å². The number of aliphatic hydroxyl groups is 1. The summed E-state index contributed by atoms with van der Waals surface area (Å²) in [5.41, 5.74) is 3.81. The van der Waals surface area contributed by atoms with Crippen molar-refractivity contribution in [2.45, 2.75) is 6.61 Å². The summed E-state index contributed by atoms with van der Waals surface area (Å²) in [5.74, 6) is 0. The van der Waals surface area contributed by atoms with E-state index in [-0.39, 0.29) is 6.61 Å². The Morgan fingerprint density at radius 1 is 1.29 bits per heavy atom. The van der Waals surface area contributed by atoms with Gasteiger partial charge in [0, 0.05) is 23.3 Å². The normalized spacial score (nSPS) is 10.9. The first kappa shape index (κ1) is 10.1. The number of nitrogens with zero attached hydrogens (tertiary/aromatic N) is 1. The Hall–Kier alpha value is -2.13. The van der Waals surface area contributed by atoms with Gasteiger partial charge in [-0.05, 0) is 35.4 Å². The monoisotopic (exact) mass is 223 g/mol. The number of aromatic amines is 1. The molecule has 0 fully saturated rings. The van der Waals surface area contributed by atoms with Gasteiger partial charge in [-0.2, -0.15) is 0 Å². The Kier molecular flexibility index (Phi) is 2.38. The topological polar surface area (TPSA) is 48.9 Å². The molecule has 0 aliphatic carbocycles. The van der Waals surface area contributed by atoms with Crippen LogP contribution in [0.1, 0.15) is 5.56 Å². The number of aromatic nitrogens is 2. The molecule has 0 aliphatic rings. The zero-order chi connectivity index (χ0) is 11.7. The van der Waals surface area contributed by atoms with Crippen molar-refractivity contribution in [3.63, 3.8) is 0 Å². The summed E-state index contributed by atoms with van der Waals surface area (Å²) in [6.07, 6.45) is 3.68. The van der Waals surface area contributed by atoms with Crippen molar-refractivity contribution < 1.29 is 5.11 Å². The van der Waals surface area contributed by atoms with E-state index in [2.05, 4.69) is 16.0 Å². The van der Waals surface area contributed by atoms with Crippen molar-refractivity contribution in [3.8, 4) is 11.1 Å². The summed E-state index contributed by atoms with van der Waals surface area (Å²) in [4.78, 5) is 7.39. The maximum atomic E-state index is 9.34. The van der Waals surface area contributed by atoms with E-state index in [1.54, 1.807) is 6.20 Å². The number of hydrogen-bond donors (Lipinski definition) is 2. The third kappa shape index (κ3) is 1.61. The molecule has 0 unspecified atom stereocenters. The Bertz CT molecular complexity index is 658. The molecular weight excluding hydrogens is 212 g/mol. The maximum absolute atomic E-state index is 9.34. The van der Waals surface area contributed by atoms with Gasteiger partial charge in [-0.3, -0.25) is 0 Å². The van der Waals surface area contributed by atoms with Crippen LogP contribution in [0, 0.1) is 6.07 Å². The summed E-state index contributed by atoms with van der Waals surface area (Å²) < 4.78 is 0. The second kappa shape index (κ2) is 4.03. The highest BCUT2D eigenvalue weighted by Crippen LogP contribution is 2.29. The molecule has 0 saturated heterocycles. The second-order valence-corrected chi connectivity index (χ2v) is 3.84. The third-order valence-electron chi connectivity index (χ3n) is 2.86. The van der Waals surface area contributed by atoms with Crippen LogP contribution in [-0.4, -0.2) is 15.1 Å². The molecule has 3 nitrogen and oxygen atoms in total. The lowest BCUT2D eigenvalue weighted by atomic mass is 10.0. The zero-order valence-electron chi connectivity index (χ0n) is 9.14. The third-order valence-corrected chi connectivity index (χ3v) is 2.86. The van der Waals surface area contributed by atoms with Crippen LogP contribution in [0.4, 0.5) is 0 Å². The first-order chi connectivity index (χ1) is 8.40. The SMILES string of the molecule is OCc1c[c]ccc1-c1c[nH]c2ncccc12. The summed E-state index contributed by atoms with van der Waals surface area (Å²) in [6.45, 7) is 0.0135. The van der Waals surface area contributed by atoms with Crippen molar-refractivity contribution in [1.82, 2.24) is 9.97 Å². The molecule has 0 saturated carbocycles. The summed E-state index contributed by atoms with van der Waals surface area (Å²) in [6, 6.07) is 12.5. The highest BCUT2D eigenvalue weighted by Gasteiger charge is 2.09. The lowest BCUT2D eigenvalue weighted by Gasteiger charge is -2.05. The lowest BCUT2D eigenvalue weighted by Crippen LogP contribution is -1.88. The molecule has 1 aromatic carbocycles. The summed E-state index contributed by atoms with van der Waals surface area (Å²) >= 11 is 0. The van der Waals surface area contributed by atoms with Crippen LogP contribution >= 0.6 is 0 Å². The van der Waals surface area contributed by atoms with Crippen molar-refractivity contribution in [1.29, 1.82) is 0 Å². The molecule has 0 aliphatic heterocycles. The number of hydrogen-bond acceptors (Lipinski definition) is 2. The van der Waals surface area contributed by atoms with E-state index in [0.29, 0.717) is 0 Å². The Balaban J connectivity index is 2.27. The Morgan fingerprint density at radius 3 is 3.12 bits per heavy atom. The predicted molar refractivity (Wildman–Crippen MR) is 66.3 cm³/mol. The highest BCUT2D eigenvalue weighted by molar-refractivity contribution is 5.94. The molecule has 2 heterocycles. The van der Waals surface area contributed by atoms with Gasteiger partial charge in [-0.15, -0.1) is 0 Å². The van der Waals surface area contributed by atoms with E-state index in [9.17, 15) is 5.11 Å². The smallest absolute Gasteiger partial charge is 0.137 e. The molecule has 3 rings (SSSR count). The van der Waals surface area contributed by atoms with Crippen LogP contribution in [0.2, 0.25) is 0 Å². The van der Waals surface area contributed by atoms with Gasteiger partial charge in [-0.1, -0.05) is 12.1 Å². The van der Waals surface area contributed by atoms with Crippen LogP contribution in [0.15, 0.2) is 42.7 Å². The quantitative estimate of drug-likeness (QED) is 0.701. The molecule has 83 valence electrons.